The van der Waals surface area contributed by atoms with Crippen molar-refractivity contribution in [2.45, 2.75) is 6.18 Å². The maximum absolute atomic E-state index is 12.8. The fourth-order valence-corrected chi connectivity index (χ4v) is 2.30. The standard InChI is InChI=1S/C16H11F3N2O2/c1-23-12-5-2-10(3-6-12)15-13(9-22)21-8-11(16(17,18)19)4-7-14(21)20-15/h2-9H,1H3. The quantitative estimate of drug-likeness (QED) is 0.689. The van der Waals surface area contributed by atoms with Gasteiger partial charge in [-0.15, -0.1) is 0 Å². The minimum absolute atomic E-state index is 0.0660. The average molecular weight is 320 g/mol. The van der Waals surface area contributed by atoms with Crippen molar-refractivity contribution >= 4 is 11.9 Å². The number of aldehydes is 1. The third-order valence-electron chi connectivity index (χ3n) is 3.46. The number of imidazole rings is 1. The molecule has 1 aromatic carbocycles. The van der Waals surface area contributed by atoms with Crippen LogP contribution >= 0.6 is 0 Å². The smallest absolute Gasteiger partial charge is 0.417 e. The Bertz CT molecular complexity index is 867. The Hall–Kier alpha value is -2.83. The van der Waals surface area contributed by atoms with Gasteiger partial charge < -0.3 is 4.74 Å². The summed E-state index contributed by atoms with van der Waals surface area (Å²) in [5.74, 6) is 0.629. The zero-order valence-corrected chi connectivity index (χ0v) is 12.0. The number of nitrogens with zero attached hydrogens (tertiary/aromatic N) is 2. The molecule has 3 aromatic rings. The highest BCUT2D eigenvalue weighted by molar-refractivity contribution is 5.86. The molecule has 0 atom stereocenters. The minimum atomic E-state index is -4.49. The Kier molecular flexibility index (Phi) is 3.55. The van der Waals surface area contributed by atoms with Gasteiger partial charge in [-0.3, -0.25) is 9.20 Å². The lowest BCUT2D eigenvalue weighted by Crippen LogP contribution is -2.06. The van der Waals surface area contributed by atoms with Gasteiger partial charge in [0.1, 0.15) is 22.8 Å². The van der Waals surface area contributed by atoms with E-state index in [-0.39, 0.29) is 11.3 Å². The highest BCUT2D eigenvalue weighted by Crippen LogP contribution is 2.31. The minimum Gasteiger partial charge on any atom is -0.497 e. The molecule has 118 valence electrons. The van der Waals surface area contributed by atoms with Crippen molar-refractivity contribution in [3.63, 3.8) is 0 Å². The van der Waals surface area contributed by atoms with Gasteiger partial charge in [0.05, 0.1) is 12.7 Å². The molecule has 0 N–H and O–H groups in total. The number of ether oxygens (including phenoxy) is 1. The van der Waals surface area contributed by atoms with E-state index in [0.717, 1.165) is 16.7 Å². The van der Waals surface area contributed by atoms with Crippen molar-refractivity contribution < 1.29 is 22.7 Å². The van der Waals surface area contributed by atoms with Crippen LogP contribution in [-0.4, -0.2) is 22.8 Å². The van der Waals surface area contributed by atoms with E-state index in [0.29, 0.717) is 23.3 Å². The molecule has 0 bridgehead atoms. The average Bonchev–Trinajstić information content (AvgIpc) is 2.91. The van der Waals surface area contributed by atoms with Crippen molar-refractivity contribution in [2.75, 3.05) is 7.11 Å². The van der Waals surface area contributed by atoms with Gasteiger partial charge in [-0.25, -0.2) is 4.98 Å². The van der Waals surface area contributed by atoms with Gasteiger partial charge in [0.15, 0.2) is 6.29 Å². The van der Waals surface area contributed by atoms with Gasteiger partial charge in [0.2, 0.25) is 0 Å². The van der Waals surface area contributed by atoms with Crippen LogP contribution in [0.1, 0.15) is 16.1 Å². The summed E-state index contributed by atoms with van der Waals surface area (Å²) in [7, 11) is 1.52. The number of hydrogen-bond acceptors (Lipinski definition) is 3. The number of hydrogen-bond donors (Lipinski definition) is 0. The zero-order chi connectivity index (χ0) is 16.6. The van der Waals surface area contributed by atoms with Gasteiger partial charge in [0.25, 0.3) is 0 Å². The summed E-state index contributed by atoms with van der Waals surface area (Å²) in [6.07, 6.45) is -3.11. The Morgan fingerprint density at radius 1 is 1.13 bits per heavy atom. The maximum atomic E-state index is 12.8. The van der Waals surface area contributed by atoms with Crippen LogP contribution in [-0.2, 0) is 6.18 Å². The Morgan fingerprint density at radius 3 is 2.39 bits per heavy atom. The number of rotatable bonds is 3. The van der Waals surface area contributed by atoms with E-state index >= 15 is 0 Å². The van der Waals surface area contributed by atoms with Gasteiger partial charge in [0, 0.05) is 11.8 Å². The zero-order valence-electron chi connectivity index (χ0n) is 12.0. The highest BCUT2D eigenvalue weighted by atomic mass is 19.4. The topological polar surface area (TPSA) is 43.6 Å². The van der Waals surface area contributed by atoms with Crippen LogP contribution < -0.4 is 4.74 Å². The lowest BCUT2D eigenvalue weighted by Gasteiger charge is -2.07. The van der Waals surface area contributed by atoms with Gasteiger partial charge in [-0.2, -0.15) is 13.2 Å². The highest BCUT2D eigenvalue weighted by Gasteiger charge is 2.31. The summed E-state index contributed by atoms with van der Waals surface area (Å²) < 4.78 is 44.7. The van der Waals surface area contributed by atoms with Crippen LogP contribution in [0.3, 0.4) is 0 Å². The molecule has 0 aliphatic heterocycles. The van der Waals surface area contributed by atoms with Crippen LogP contribution in [0.25, 0.3) is 16.9 Å². The Balaban J connectivity index is 2.19. The molecule has 0 radical (unpaired) electrons. The Morgan fingerprint density at radius 2 is 1.83 bits per heavy atom. The van der Waals surface area contributed by atoms with E-state index in [1.165, 1.54) is 13.2 Å². The van der Waals surface area contributed by atoms with E-state index in [2.05, 4.69) is 4.98 Å². The van der Waals surface area contributed by atoms with E-state index in [9.17, 15) is 18.0 Å². The Labute approximate surface area is 129 Å². The normalized spacial score (nSPS) is 11.7. The first-order valence-electron chi connectivity index (χ1n) is 6.63. The third kappa shape index (κ3) is 2.65. The van der Waals surface area contributed by atoms with E-state index in [1.54, 1.807) is 24.3 Å². The summed E-state index contributed by atoms with van der Waals surface area (Å²) in [6, 6.07) is 8.94. The van der Waals surface area contributed by atoms with Gasteiger partial charge in [-0.05, 0) is 36.4 Å². The van der Waals surface area contributed by atoms with Gasteiger partial charge >= 0.3 is 6.18 Å². The summed E-state index contributed by atoms with van der Waals surface area (Å²) >= 11 is 0. The molecule has 7 heteroatoms. The summed E-state index contributed by atoms with van der Waals surface area (Å²) in [6.45, 7) is 0. The number of fused-ring (bicyclic) bond motifs is 1. The summed E-state index contributed by atoms with van der Waals surface area (Å²) in [5.41, 5.74) is 0.432. The largest absolute Gasteiger partial charge is 0.497 e. The van der Waals surface area contributed by atoms with Crippen molar-refractivity contribution in [3.8, 4) is 17.0 Å². The molecule has 0 saturated heterocycles. The number of pyridine rings is 1. The second-order valence-corrected chi connectivity index (χ2v) is 4.84. The molecule has 0 spiro atoms. The molecule has 0 saturated carbocycles. The molecular weight excluding hydrogens is 309 g/mol. The molecule has 0 fully saturated rings. The van der Waals surface area contributed by atoms with E-state index in [4.69, 9.17) is 4.74 Å². The van der Waals surface area contributed by atoms with Crippen molar-refractivity contribution in [1.82, 2.24) is 9.38 Å². The lowest BCUT2D eigenvalue weighted by molar-refractivity contribution is -0.137. The number of aromatic nitrogens is 2. The van der Waals surface area contributed by atoms with E-state index < -0.39 is 11.7 Å². The van der Waals surface area contributed by atoms with E-state index in [1.807, 2.05) is 0 Å². The van der Waals surface area contributed by atoms with Crippen molar-refractivity contribution in [3.05, 3.63) is 53.9 Å². The molecule has 2 aromatic heterocycles. The van der Waals surface area contributed by atoms with Crippen LogP contribution in [0, 0.1) is 0 Å². The number of carbonyl (C=O) groups is 1. The predicted octanol–water partition coefficient (Wildman–Crippen LogP) is 3.84. The van der Waals surface area contributed by atoms with Crippen LogP contribution in [0.15, 0.2) is 42.6 Å². The molecule has 0 unspecified atom stereocenters. The first kappa shape index (κ1) is 15.1. The molecule has 0 aliphatic carbocycles. The number of carbonyl (C=O) groups excluding carboxylic acids is 1. The fraction of sp³-hybridized carbons (Fsp3) is 0.125. The summed E-state index contributed by atoms with van der Waals surface area (Å²) in [4.78, 5) is 15.6. The number of benzene rings is 1. The maximum Gasteiger partial charge on any atom is 0.417 e. The van der Waals surface area contributed by atoms with Crippen LogP contribution in [0.5, 0.6) is 5.75 Å². The monoisotopic (exact) mass is 320 g/mol. The molecule has 23 heavy (non-hydrogen) atoms. The number of halogens is 3. The first-order chi connectivity index (χ1) is 10.9. The number of alkyl halides is 3. The SMILES string of the molecule is COc1ccc(-c2nc3ccc(C(F)(F)F)cn3c2C=O)cc1. The van der Waals surface area contributed by atoms with Crippen LogP contribution in [0.4, 0.5) is 13.2 Å². The summed E-state index contributed by atoms with van der Waals surface area (Å²) in [5, 5.41) is 0. The third-order valence-corrected chi connectivity index (χ3v) is 3.46. The molecular formula is C16H11F3N2O2. The van der Waals surface area contributed by atoms with Crippen molar-refractivity contribution in [1.29, 1.82) is 0 Å². The molecule has 4 nitrogen and oxygen atoms in total. The lowest BCUT2D eigenvalue weighted by atomic mass is 10.1. The fourth-order valence-electron chi connectivity index (χ4n) is 2.30. The van der Waals surface area contributed by atoms with Crippen molar-refractivity contribution in [2.24, 2.45) is 0 Å². The van der Waals surface area contributed by atoms with Crippen LogP contribution in [0.2, 0.25) is 0 Å². The molecule has 0 amide bonds. The second-order valence-electron chi connectivity index (χ2n) is 4.84. The molecule has 3 rings (SSSR count). The number of methoxy groups -OCH3 is 1. The molecule has 0 aliphatic rings. The predicted molar refractivity (Wildman–Crippen MR) is 77.6 cm³/mol. The first-order valence-corrected chi connectivity index (χ1v) is 6.63. The molecule has 2 heterocycles. The second kappa shape index (κ2) is 5.42. The van der Waals surface area contributed by atoms with Gasteiger partial charge in [-0.1, -0.05) is 0 Å².